The molecule has 0 amide bonds. The summed E-state index contributed by atoms with van der Waals surface area (Å²) in [6, 6.07) is 3.41. The number of hydrogen-bond donors (Lipinski definition) is 0. The molecule has 108 valence electrons. The average molecular weight is 297 g/mol. The Kier molecular flexibility index (Phi) is 4.29. The van der Waals surface area contributed by atoms with Crippen LogP contribution in [-0.4, -0.2) is 31.4 Å². The first-order chi connectivity index (χ1) is 9.60. The predicted octanol–water partition coefficient (Wildman–Crippen LogP) is 1.64. The number of ether oxygens (including phenoxy) is 3. The van der Waals surface area contributed by atoms with Crippen molar-refractivity contribution in [1.29, 1.82) is 0 Å². The number of aromatic nitrogens is 1. The van der Waals surface area contributed by atoms with Crippen molar-refractivity contribution >= 4 is 27.5 Å². The minimum Gasteiger partial charge on any atom is -0.493 e. The molecular weight excluding hydrogens is 282 g/mol. The van der Waals surface area contributed by atoms with E-state index in [0.29, 0.717) is 17.0 Å². The highest BCUT2D eigenvalue weighted by atomic mass is 32.1. The van der Waals surface area contributed by atoms with E-state index in [1.807, 2.05) is 0 Å². The van der Waals surface area contributed by atoms with Crippen LogP contribution < -0.4 is 14.3 Å². The van der Waals surface area contributed by atoms with Gasteiger partial charge in [-0.25, -0.2) is 0 Å². The summed E-state index contributed by atoms with van der Waals surface area (Å²) in [6.45, 7) is 1.90. The minimum absolute atomic E-state index is 0.109. The Morgan fingerprint density at radius 3 is 2.50 bits per heavy atom. The number of nitrogens with zero attached hydrogens (tertiary/aromatic N) is 1. The van der Waals surface area contributed by atoms with Crippen molar-refractivity contribution in [2.75, 3.05) is 20.8 Å². The molecule has 0 atom stereocenters. The molecule has 0 unspecified atom stereocenters. The quantitative estimate of drug-likeness (QED) is 0.785. The Bertz CT molecular complexity index is 688. The molecule has 1 aromatic heterocycles. The zero-order valence-corrected chi connectivity index (χ0v) is 12.3. The maximum atomic E-state index is 12.0. The molecule has 7 heteroatoms. The van der Waals surface area contributed by atoms with Crippen LogP contribution in [0.15, 0.2) is 16.9 Å². The molecule has 0 radical (unpaired) electrons. The summed E-state index contributed by atoms with van der Waals surface area (Å²) in [4.78, 5) is 23.3. The maximum absolute atomic E-state index is 12.0. The van der Waals surface area contributed by atoms with Gasteiger partial charge >= 0.3 is 10.8 Å². The van der Waals surface area contributed by atoms with Gasteiger partial charge in [0.2, 0.25) is 0 Å². The van der Waals surface area contributed by atoms with Crippen molar-refractivity contribution in [2.45, 2.75) is 13.5 Å². The number of methoxy groups -OCH3 is 2. The first kappa shape index (κ1) is 14.4. The van der Waals surface area contributed by atoms with E-state index < -0.39 is 5.97 Å². The van der Waals surface area contributed by atoms with Crippen LogP contribution in [0.3, 0.4) is 0 Å². The van der Waals surface area contributed by atoms with E-state index in [1.54, 1.807) is 19.1 Å². The van der Waals surface area contributed by atoms with E-state index in [1.165, 1.54) is 18.8 Å². The van der Waals surface area contributed by atoms with Crippen molar-refractivity contribution in [1.82, 2.24) is 4.57 Å². The first-order valence-corrected chi connectivity index (χ1v) is 6.83. The molecule has 2 aromatic rings. The lowest BCUT2D eigenvalue weighted by molar-refractivity contribution is -0.143. The molecule has 0 spiro atoms. The fourth-order valence-corrected chi connectivity index (χ4v) is 2.78. The standard InChI is InChI=1S/C13H15NO5S/c1-4-19-12(15)7-14-8-5-9(17-2)10(18-3)6-11(8)20-13(14)16/h5-6H,4,7H2,1-3H3. The third-order valence-electron chi connectivity index (χ3n) is 2.77. The zero-order chi connectivity index (χ0) is 14.7. The van der Waals surface area contributed by atoms with Crippen molar-refractivity contribution in [3.63, 3.8) is 0 Å². The number of thiazole rings is 1. The highest BCUT2D eigenvalue weighted by Crippen LogP contribution is 2.33. The Hall–Kier alpha value is -2.02. The second kappa shape index (κ2) is 5.96. The number of carbonyl (C=O) groups excluding carboxylic acids is 1. The van der Waals surface area contributed by atoms with Crippen molar-refractivity contribution in [2.24, 2.45) is 0 Å². The molecule has 1 aromatic carbocycles. The minimum atomic E-state index is -0.441. The van der Waals surface area contributed by atoms with Gasteiger partial charge in [0, 0.05) is 12.1 Å². The second-order valence-corrected chi connectivity index (χ2v) is 4.93. The molecule has 0 bridgehead atoms. The fourth-order valence-electron chi connectivity index (χ4n) is 1.88. The lowest BCUT2D eigenvalue weighted by Crippen LogP contribution is -2.20. The van der Waals surface area contributed by atoms with Gasteiger partial charge in [-0.2, -0.15) is 0 Å². The van der Waals surface area contributed by atoms with E-state index in [4.69, 9.17) is 14.2 Å². The third kappa shape index (κ3) is 2.62. The summed E-state index contributed by atoms with van der Waals surface area (Å²) in [5.74, 6) is 0.615. The Morgan fingerprint density at radius 2 is 1.90 bits per heavy atom. The van der Waals surface area contributed by atoms with E-state index in [-0.39, 0.29) is 18.0 Å². The van der Waals surface area contributed by atoms with E-state index in [0.717, 1.165) is 16.0 Å². The molecular formula is C13H15NO5S. The molecule has 0 fully saturated rings. The van der Waals surface area contributed by atoms with Gasteiger partial charge in [0.05, 0.1) is 31.0 Å². The Labute approximate surface area is 119 Å². The van der Waals surface area contributed by atoms with Crippen molar-refractivity contribution in [3.05, 3.63) is 21.8 Å². The van der Waals surface area contributed by atoms with Crippen LogP contribution in [0.5, 0.6) is 11.5 Å². The molecule has 0 aliphatic heterocycles. The maximum Gasteiger partial charge on any atom is 0.326 e. The van der Waals surface area contributed by atoms with Crippen LogP contribution in [0.25, 0.3) is 10.2 Å². The number of hydrogen-bond acceptors (Lipinski definition) is 6. The summed E-state index contributed by atoms with van der Waals surface area (Å²) >= 11 is 1.05. The van der Waals surface area contributed by atoms with Gasteiger partial charge in [-0.1, -0.05) is 11.3 Å². The van der Waals surface area contributed by atoms with Gasteiger partial charge in [-0.05, 0) is 6.92 Å². The van der Waals surface area contributed by atoms with Crippen molar-refractivity contribution < 1.29 is 19.0 Å². The van der Waals surface area contributed by atoms with Gasteiger partial charge < -0.3 is 14.2 Å². The van der Waals surface area contributed by atoms with Gasteiger partial charge in [0.1, 0.15) is 6.54 Å². The number of carbonyl (C=O) groups is 1. The first-order valence-electron chi connectivity index (χ1n) is 6.01. The summed E-state index contributed by atoms with van der Waals surface area (Å²) in [5.41, 5.74) is 0.630. The number of benzene rings is 1. The molecule has 0 saturated heterocycles. The molecule has 1 heterocycles. The smallest absolute Gasteiger partial charge is 0.326 e. The Morgan fingerprint density at radius 1 is 1.25 bits per heavy atom. The zero-order valence-electron chi connectivity index (χ0n) is 11.5. The van der Waals surface area contributed by atoms with Gasteiger partial charge in [0.25, 0.3) is 0 Å². The fraction of sp³-hybridized carbons (Fsp3) is 0.385. The monoisotopic (exact) mass is 297 g/mol. The van der Waals surface area contributed by atoms with Crippen LogP contribution >= 0.6 is 11.3 Å². The highest BCUT2D eigenvalue weighted by molar-refractivity contribution is 7.16. The normalized spacial score (nSPS) is 10.6. The molecule has 0 N–H and O–H groups in total. The number of esters is 1. The average Bonchev–Trinajstić information content (AvgIpc) is 2.73. The molecule has 0 aliphatic carbocycles. The summed E-state index contributed by atoms with van der Waals surface area (Å²) in [6.07, 6.45) is 0. The van der Waals surface area contributed by atoms with Crippen LogP contribution in [0.1, 0.15) is 6.92 Å². The molecule has 2 rings (SSSR count). The van der Waals surface area contributed by atoms with Gasteiger partial charge in [-0.15, -0.1) is 0 Å². The number of fused-ring (bicyclic) bond motifs is 1. The van der Waals surface area contributed by atoms with Crippen molar-refractivity contribution in [3.8, 4) is 11.5 Å². The highest BCUT2D eigenvalue weighted by Gasteiger charge is 2.15. The summed E-state index contributed by atoms with van der Waals surface area (Å²) in [5, 5.41) is 0. The lowest BCUT2D eigenvalue weighted by Gasteiger charge is -2.08. The predicted molar refractivity (Wildman–Crippen MR) is 75.8 cm³/mol. The van der Waals surface area contributed by atoms with Crippen LogP contribution in [0.4, 0.5) is 0 Å². The second-order valence-electron chi connectivity index (χ2n) is 3.93. The van der Waals surface area contributed by atoms with E-state index in [2.05, 4.69) is 0 Å². The largest absolute Gasteiger partial charge is 0.493 e. The van der Waals surface area contributed by atoms with Crippen LogP contribution in [-0.2, 0) is 16.1 Å². The van der Waals surface area contributed by atoms with E-state index in [9.17, 15) is 9.59 Å². The van der Waals surface area contributed by atoms with Gasteiger partial charge in [0.15, 0.2) is 11.5 Å². The Balaban J connectivity index is 2.52. The molecule has 6 nitrogen and oxygen atoms in total. The molecule has 0 saturated carbocycles. The number of rotatable bonds is 5. The summed E-state index contributed by atoms with van der Waals surface area (Å²) in [7, 11) is 3.05. The third-order valence-corrected chi connectivity index (χ3v) is 3.71. The van der Waals surface area contributed by atoms with Crippen LogP contribution in [0.2, 0.25) is 0 Å². The molecule has 20 heavy (non-hydrogen) atoms. The van der Waals surface area contributed by atoms with E-state index >= 15 is 0 Å². The van der Waals surface area contributed by atoms with Gasteiger partial charge in [-0.3, -0.25) is 14.2 Å². The van der Waals surface area contributed by atoms with Crippen LogP contribution in [0, 0.1) is 0 Å². The lowest BCUT2D eigenvalue weighted by atomic mass is 10.3. The topological polar surface area (TPSA) is 66.8 Å². The molecule has 0 aliphatic rings. The SMILES string of the molecule is CCOC(=O)Cn1c(=O)sc2cc(OC)c(OC)cc21. The summed E-state index contributed by atoms with van der Waals surface area (Å²) < 4.78 is 17.4.